The lowest BCUT2D eigenvalue weighted by Crippen LogP contribution is -2.46. The Labute approximate surface area is 164 Å². The van der Waals surface area contributed by atoms with Gasteiger partial charge in [-0.25, -0.2) is 9.37 Å². The lowest BCUT2D eigenvalue weighted by Gasteiger charge is -2.31. The van der Waals surface area contributed by atoms with Crippen LogP contribution >= 0.6 is 0 Å². The molecule has 0 saturated carbocycles. The van der Waals surface area contributed by atoms with Gasteiger partial charge in [-0.05, 0) is 45.4 Å². The van der Waals surface area contributed by atoms with E-state index in [1.165, 1.54) is 6.07 Å². The van der Waals surface area contributed by atoms with Crippen LogP contribution in [0.3, 0.4) is 0 Å². The van der Waals surface area contributed by atoms with Crippen LogP contribution in [0.5, 0.6) is 0 Å². The Balaban J connectivity index is 1.91. The highest BCUT2D eigenvalue weighted by Crippen LogP contribution is 2.26. The summed E-state index contributed by atoms with van der Waals surface area (Å²) < 4.78 is 20.0. The molecule has 0 aliphatic heterocycles. The van der Waals surface area contributed by atoms with Gasteiger partial charge >= 0.3 is 0 Å². The molecule has 146 valence electrons. The van der Waals surface area contributed by atoms with Gasteiger partial charge in [-0.15, -0.1) is 0 Å². The summed E-state index contributed by atoms with van der Waals surface area (Å²) in [5.41, 5.74) is 1.35. The van der Waals surface area contributed by atoms with Gasteiger partial charge in [-0.2, -0.15) is 0 Å². The molecule has 1 amide bonds. The van der Waals surface area contributed by atoms with E-state index < -0.39 is 5.60 Å². The number of benzene rings is 2. The number of aryl methyl sites for hydroxylation is 1. The fraction of sp³-hybridized carbons (Fsp3) is 0.304. The van der Waals surface area contributed by atoms with Crippen molar-refractivity contribution < 1.29 is 13.9 Å². The smallest absolute Gasteiger partial charge is 0.256 e. The molecule has 0 radical (unpaired) electrons. The number of carbonyl (C=O) groups excluding carboxylic acids is 1. The summed E-state index contributed by atoms with van der Waals surface area (Å²) in [5.74, 6) is -0.638. The van der Waals surface area contributed by atoms with Crippen molar-refractivity contribution >= 4 is 22.5 Å². The second-order valence-electron chi connectivity index (χ2n) is 7.45. The number of hydrogen-bond donors (Lipinski definition) is 1. The zero-order chi connectivity index (χ0) is 20.3. The predicted molar refractivity (Wildman–Crippen MR) is 110 cm³/mol. The number of anilines is 1. The minimum absolute atomic E-state index is 0.121. The minimum atomic E-state index is -1.06. The maximum Gasteiger partial charge on any atom is 0.256 e. The molecule has 0 bridgehead atoms. The van der Waals surface area contributed by atoms with E-state index in [-0.39, 0.29) is 17.8 Å². The first-order valence-corrected chi connectivity index (χ1v) is 9.37. The molecule has 1 heterocycles. The Morgan fingerprint density at radius 2 is 1.89 bits per heavy atom. The average Bonchev–Trinajstić information content (AvgIpc) is 2.63. The zero-order valence-electron chi connectivity index (χ0n) is 16.6. The van der Waals surface area contributed by atoms with E-state index in [9.17, 15) is 9.18 Å². The number of ether oxygens (including phenoxy) is 1. The number of aromatic nitrogens is 1. The highest BCUT2D eigenvalue weighted by molar-refractivity contribution is 5.99. The number of hydrogen-bond acceptors (Lipinski definition) is 3. The molecule has 3 aromatic rings. The lowest BCUT2D eigenvalue weighted by molar-refractivity contribution is -0.144. The van der Waals surface area contributed by atoms with E-state index >= 15 is 0 Å². The van der Waals surface area contributed by atoms with Crippen molar-refractivity contribution in [2.45, 2.75) is 45.8 Å². The number of pyridine rings is 1. The van der Waals surface area contributed by atoms with Crippen LogP contribution in [0.1, 0.15) is 32.0 Å². The summed E-state index contributed by atoms with van der Waals surface area (Å²) in [4.78, 5) is 17.5. The maximum atomic E-state index is 14.0. The summed E-state index contributed by atoms with van der Waals surface area (Å²) in [6.07, 6.45) is 0.316. The van der Waals surface area contributed by atoms with Gasteiger partial charge < -0.3 is 10.1 Å². The second kappa shape index (κ2) is 8.07. The molecule has 3 rings (SSSR count). The van der Waals surface area contributed by atoms with E-state index in [0.29, 0.717) is 28.7 Å². The van der Waals surface area contributed by atoms with Gasteiger partial charge in [0.05, 0.1) is 17.5 Å². The standard InChI is InChI=1S/C23H25FN2O2/c1-15(2)28-23(4,14-17-9-6-5-7-10-17)22(27)26-20-13-18-11-8-12-19(24)21(18)25-16(20)3/h5-13,15H,14H2,1-4H3,(H,26,27). The van der Waals surface area contributed by atoms with Crippen LogP contribution in [-0.4, -0.2) is 22.6 Å². The van der Waals surface area contributed by atoms with Gasteiger partial charge in [-0.1, -0.05) is 42.5 Å². The number of halogens is 1. The van der Waals surface area contributed by atoms with Crippen LogP contribution in [0.4, 0.5) is 10.1 Å². The largest absolute Gasteiger partial charge is 0.362 e. The average molecular weight is 380 g/mol. The Morgan fingerprint density at radius 3 is 2.57 bits per heavy atom. The number of fused-ring (bicyclic) bond motifs is 1. The molecule has 1 unspecified atom stereocenters. The molecule has 0 fully saturated rings. The third-order valence-electron chi connectivity index (χ3n) is 4.60. The first-order chi connectivity index (χ1) is 13.3. The van der Waals surface area contributed by atoms with Crippen molar-refractivity contribution in [2.75, 3.05) is 5.32 Å². The van der Waals surface area contributed by atoms with E-state index in [4.69, 9.17) is 4.74 Å². The molecule has 1 aromatic heterocycles. The van der Waals surface area contributed by atoms with Crippen molar-refractivity contribution in [1.82, 2.24) is 4.98 Å². The molecule has 5 heteroatoms. The maximum absolute atomic E-state index is 14.0. The zero-order valence-corrected chi connectivity index (χ0v) is 16.6. The molecule has 4 nitrogen and oxygen atoms in total. The van der Waals surface area contributed by atoms with Gasteiger partial charge in [0, 0.05) is 11.8 Å². The molecule has 2 aromatic carbocycles. The third-order valence-corrected chi connectivity index (χ3v) is 4.60. The predicted octanol–water partition coefficient (Wildman–Crippen LogP) is 5.05. The monoisotopic (exact) mass is 380 g/mol. The third kappa shape index (κ3) is 4.37. The number of carbonyl (C=O) groups is 1. The van der Waals surface area contributed by atoms with Gasteiger partial charge in [0.15, 0.2) is 0 Å². The normalized spacial score (nSPS) is 13.5. The first-order valence-electron chi connectivity index (χ1n) is 9.37. The fourth-order valence-corrected chi connectivity index (χ4v) is 3.32. The van der Waals surface area contributed by atoms with Crippen molar-refractivity contribution in [3.05, 3.63) is 71.7 Å². The fourth-order valence-electron chi connectivity index (χ4n) is 3.32. The molecule has 0 spiro atoms. The van der Waals surface area contributed by atoms with Crippen LogP contribution in [-0.2, 0) is 16.0 Å². The number of para-hydroxylation sites is 1. The van der Waals surface area contributed by atoms with E-state index in [1.807, 2.05) is 44.2 Å². The Morgan fingerprint density at radius 1 is 1.18 bits per heavy atom. The van der Waals surface area contributed by atoms with Crippen LogP contribution in [0, 0.1) is 12.7 Å². The summed E-state index contributed by atoms with van der Waals surface area (Å²) in [6.45, 7) is 7.35. The summed E-state index contributed by atoms with van der Waals surface area (Å²) >= 11 is 0. The van der Waals surface area contributed by atoms with E-state index in [0.717, 1.165) is 5.56 Å². The first kappa shape index (κ1) is 20.0. The quantitative estimate of drug-likeness (QED) is 0.651. The molecule has 28 heavy (non-hydrogen) atoms. The van der Waals surface area contributed by atoms with Crippen LogP contribution in [0.15, 0.2) is 54.6 Å². The van der Waals surface area contributed by atoms with Crippen molar-refractivity contribution in [3.63, 3.8) is 0 Å². The molecule has 1 N–H and O–H groups in total. The van der Waals surface area contributed by atoms with E-state index in [2.05, 4.69) is 10.3 Å². The highest BCUT2D eigenvalue weighted by Gasteiger charge is 2.36. The number of nitrogens with zero attached hydrogens (tertiary/aromatic N) is 1. The topological polar surface area (TPSA) is 51.2 Å². The van der Waals surface area contributed by atoms with Gasteiger partial charge in [0.2, 0.25) is 0 Å². The lowest BCUT2D eigenvalue weighted by atomic mass is 9.94. The SMILES string of the molecule is Cc1nc2c(F)cccc2cc1NC(=O)C(C)(Cc1ccccc1)OC(C)C. The molecular formula is C23H25FN2O2. The molecular weight excluding hydrogens is 355 g/mol. The minimum Gasteiger partial charge on any atom is -0.362 e. The number of nitrogens with one attached hydrogen (secondary N) is 1. The highest BCUT2D eigenvalue weighted by atomic mass is 19.1. The summed E-state index contributed by atoms with van der Waals surface area (Å²) in [7, 11) is 0. The Bertz CT molecular complexity index is 989. The van der Waals surface area contributed by atoms with Crippen LogP contribution in [0.25, 0.3) is 10.9 Å². The summed E-state index contributed by atoms with van der Waals surface area (Å²) in [5, 5.41) is 3.57. The van der Waals surface area contributed by atoms with Crippen LogP contribution in [0.2, 0.25) is 0 Å². The number of amides is 1. The van der Waals surface area contributed by atoms with Crippen molar-refractivity contribution in [2.24, 2.45) is 0 Å². The molecule has 0 aliphatic rings. The van der Waals surface area contributed by atoms with Gasteiger partial charge in [0.25, 0.3) is 5.91 Å². The Hall–Kier alpha value is -2.79. The molecule has 0 aliphatic carbocycles. The molecule has 0 saturated heterocycles. The Kier molecular flexibility index (Phi) is 5.75. The van der Waals surface area contributed by atoms with E-state index in [1.54, 1.807) is 32.0 Å². The van der Waals surface area contributed by atoms with Crippen molar-refractivity contribution in [1.29, 1.82) is 0 Å². The molecule has 1 atom stereocenters. The van der Waals surface area contributed by atoms with Gasteiger partial charge in [0.1, 0.15) is 16.9 Å². The summed E-state index contributed by atoms with van der Waals surface area (Å²) in [6, 6.07) is 16.3. The van der Waals surface area contributed by atoms with Crippen molar-refractivity contribution in [3.8, 4) is 0 Å². The van der Waals surface area contributed by atoms with Crippen LogP contribution < -0.4 is 5.32 Å². The second-order valence-corrected chi connectivity index (χ2v) is 7.45. The number of rotatable bonds is 6. The van der Waals surface area contributed by atoms with Gasteiger partial charge in [-0.3, -0.25) is 4.79 Å².